The van der Waals surface area contributed by atoms with Crippen LogP contribution in [-0.4, -0.2) is 29.6 Å². The summed E-state index contributed by atoms with van der Waals surface area (Å²) >= 11 is 0. The highest BCUT2D eigenvalue weighted by Crippen LogP contribution is 2.28. The second-order valence-electron chi connectivity index (χ2n) is 10.0. The number of carboxylic acids is 1. The number of unbranched alkanes of at least 4 members (excludes halogenated alkanes) is 9. The maximum Gasteiger partial charge on any atom is 0.339 e. The van der Waals surface area contributed by atoms with Crippen LogP contribution in [0, 0.1) is 0 Å². The molecule has 0 heterocycles. The van der Waals surface area contributed by atoms with Gasteiger partial charge in [0.05, 0.1) is 23.3 Å². The van der Waals surface area contributed by atoms with Crippen molar-refractivity contribution in [3.05, 3.63) is 107 Å². The molecule has 0 aliphatic rings. The van der Waals surface area contributed by atoms with Gasteiger partial charge in [-0.2, -0.15) is 0 Å². The highest BCUT2D eigenvalue weighted by atomic mass is 16.5. The molecule has 0 radical (unpaired) electrons. The van der Waals surface area contributed by atoms with E-state index >= 15 is 0 Å². The minimum atomic E-state index is -1.07. The van der Waals surface area contributed by atoms with Crippen LogP contribution in [-0.2, 0) is 9.47 Å². The van der Waals surface area contributed by atoms with Crippen molar-refractivity contribution in [1.29, 1.82) is 0 Å². The molecule has 40 heavy (non-hydrogen) atoms. The van der Waals surface area contributed by atoms with Crippen LogP contribution in [0.25, 0.3) is 0 Å². The standard InChI is InChI=1S/C34H40O6/c1-2-3-4-5-6-7-8-9-10-14-25-39-33(37)29-21-17-27(18-22-29)31(26-15-12-11-13-16-26)40-34(38)30-23-19-28(20-24-30)32(35)36/h11-13,15-24,31H,2-10,14,25H2,1H3,(H,35,36). The maximum atomic E-state index is 12.9. The zero-order chi connectivity index (χ0) is 28.6. The lowest BCUT2D eigenvalue weighted by Crippen LogP contribution is -2.14. The van der Waals surface area contributed by atoms with E-state index in [1.807, 2.05) is 30.3 Å². The molecule has 0 aromatic heterocycles. The Kier molecular flexibility index (Phi) is 12.9. The quantitative estimate of drug-likeness (QED) is 0.136. The first-order chi connectivity index (χ1) is 19.5. The third-order valence-corrected chi connectivity index (χ3v) is 6.87. The highest BCUT2D eigenvalue weighted by molar-refractivity contribution is 5.93. The third kappa shape index (κ3) is 9.99. The van der Waals surface area contributed by atoms with Crippen molar-refractivity contribution in [1.82, 2.24) is 0 Å². The van der Waals surface area contributed by atoms with Crippen LogP contribution >= 0.6 is 0 Å². The molecule has 0 saturated carbocycles. The summed E-state index contributed by atoms with van der Waals surface area (Å²) < 4.78 is 11.3. The fraction of sp³-hybridized carbons (Fsp3) is 0.382. The molecule has 1 N–H and O–H groups in total. The monoisotopic (exact) mass is 544 g/mol. The molecular weight excluding hydrogens is 504 g/mol. The summed E-state index contributed by atoms with van der Waals surface area (Å²) in [5.74, 6) is -2.01. The molecule has 0 amide bonds. The number of ether oxygens (including phenoxy) is 2. The van der Waals surface area contributed by atoms with Crippen LogP contribution in [0.5, 0.6) is 0 Å². The Morgan fingerprint density at radius 1 is 0.600 bits per heavy atom. The van der Waals surface area contributed by atoms with Crippen LogP contribution in [0.1, 0.15) is 119 Å². The Morgan fingerprint density at radius 3 is 1.65 bits per heavy atom. The van der Waals surface area contributed by atoms with Crippen LogP contribution in [0.3, 0.4) is 0 Å². The molecule has 1 unspecified atom stereocenters. The molecule has 0 spiro atoms. The number of carbonyl (C=O) groups is 3. The van der Waals surface area contributed by atoms with Gasteiger partial charge in [0.1, 0.15) is 0 Å². The molecule has 0 aliphatic carbocycles. The molecule has 0 fully saturated rings. The van der Waals surface area contributed by atoms with E-state index in [9.17, 15) is 14.4 Å². The van der Waals surface area contributed by atoms with E-state index < -0.39 is 18.0 Å². The second-order valence-corrected chi connectivity index (χ2v) is 10.0. The van der Waals surface area contributed by atoms with E-state index in [4.69, 9.17) is 14.6 Å². The van der Waals surface area contributed by atoms with Gasteiger partial charge in [0.2, 0.25) is 0 Å². The minimum Gasteiger partial charge on any atom is -0.478 e. The molecule has 0 bridgehead atoms. The number of hydrogen-bond donors (Lipinski definition) is 1. The summed E-state index contributed by atoms with van der Waals surface area (Å²) in [5.41, 5.74) is 2.25. The van der Waals surface area contributed by atoms with Crippen molar-refractivity contribution < 1.29 is 29.0 Å². The SMILES string of the molecule is CCCCCCCCCCCCOC(=O)c1ccc(C(OC(=O)c2ccc(C(=O)O)cc2)c2ccccc2)cc1. The Hall–Kier alpha value is -3.93. The predicted octanol–water partition coefficient (Wildman–Crippen LogP) is 8.41. The van der Waals surface area contributed by atoms with Gasteiger partial charge in [0, 0.05) is 0 Å². The summed E-state index contributed by atoms with van der Waals surface area (Å²) in [6.45, 7) is 2.64. The van der Waals surface area contributed by atoms with Crippen LogP contribution in [0.2, 0.25) is 0 Å². The van der Waals surface area contributed by atoms with E-state index in [1.165, 1.54) is 75.6 Å². The summed E-state index contributed by atoms with van der Waals surface area (Å²) in [5, 5.41) is 9.10. The normalized spacial score (nSPS) is 11.5. The van der Waals surface area contributed by atoms with Gasteiger partial charge in [-0.25, -0.2) is 14.4 Å². The first kappa shape index (κ1) is 30.6. The Bertz CT molecular complexity index is 1190. The Morgan fingerprint density at radius 2 is 1.07 bits per heavy atom. The topological polar surface area (TPSA) is 89.9 Å². The van der Waals surface area contributed by atoms with Crippen LogP contribution < -0.4 is 0 Å². The van der Waals surface area contributed by atoms with E-state index in [0.717, 1.165) is 18.4 Å². The molecule has 1 atom stereocenters. The summed E-state index contributed by atoms with van der Waals surface area (Å²) in [7, 11) is 0. The summed E-state index contributed by atoms with van der Waals surface area (Å²) in [6, 6.07) is 21.8. The van der Waals surface area contributed by atoms with Gasteiger partial charge in [-0.3, -0.25) is 0 Å². The van der Waals surface area contributed by atoms with Crippen molar-refractivity contribution in [3.8, 4) is 0 Å². The molecule has 3 aromatic carbocycles. The van der Waals surface area contributed by atoms with E-state index in [1.54, 1.807) is 24.3 Å². The summed E-state index contributed by atoms with van der Waals surface area (Å²) in [6.07, 6.45) is 11.5. The Labute approximate surface area is 237 Å². The number of rotatable bonds is 17. The van der Waals surface area contributed by atoms with Gasteiger partial charge < -0.3 is 14.6 Å². The van der Waals surface area contributed by atoms with Crippen LogP contribution in [0.15, 0.2) is 78.9 Å². The van der Waals surface area contributed by atoms with E-state index in [-0.39, 0.29) is 17.1 Å². The third-order valence-electron chi connectivity index (χ3n) is 6.87. The van der Waals surface area contributed by atoms with Gasteiger partial charge in [-0.15, -0.1) is 0 Å². The van der Waals surface area contributed by atoms with Gasteiger partial charge in [-0.05, 0) is 53.9 Å². The minimum absolute atomic E-state index is 0.0896. The fourth-order valence-corrected chi connectivity index (χ4v) is 4.51. The molecule has 6 heteroatoms. The fourth-order valence-electron chi connectivity index (χ4n) is 4.51. The lowest BCUT2D eigenvalue weighted by Gasteiger charge is -2.19. The zero-order valence-electron chi connectivity index (χ0n) is 23.3. The van der Waals surface area contributed by atoms with Crippen molar-refractivity contribution in [2.75, 3.05) is 6.61 Å². The lowest BCUT2D eigenvalue weighted by molar-refractivity contribution is 0.0376. The van der Waals surface area contributed by atoms with Crippen molar-refractivity contribution >= 4 is 17.9 Å². The molecule has 0 aliphatic heterocycles. The predicted molar refractivity (Wildman–Crippen MR) is 156 cm³/mol. The Balaban J connectivity index is 1.51. The molecule has 0 saturated heterocycles. The van der Waals surface area contributed by atoms with Crippen LogP contribution in [0.4, 0.5) is 0 Å². The largest absolute Gasteiger partial charge is 0.478 e. The number of esters is 2. The number of benzene rings is 3. The number of carbonyl (C=O) groups excluding carboxylic acids is 2. The van der Waals surface area contributed by atoms with Crippen molar-refractivity contribution in [2.45, 2.75) is 77.2 Å². The average molecular weight is 545 g/mol. The van der Waals surface area contributed by atoms with E-state index in [2.05, 4.69) is 6.92 Å². The van der Waals surface area contributed by atoms with Gasteiger partial charge in [-0.1, -0.05) is 107 Å². The smallest absolute Gasteiger partial charge is 0.339 e. The zero-order valence-corrected chi connectivity index (χ0v) is 23.3. The van der Waals surface area contributed by atoms with Gasteiger partial charge in [0.25, 0.3) is 0 Å². The number of hydrogen-bond acceptors (Lipinski definition) is 5. The van der Waals surface area contributed by atoms with E-state index in [0.29, 0.717) is 17.7 Å². The first-order valence-corrected chi connectivity index (χ1v) is 14.4. The number of aromatic carboxylic acids is 1. The molecule has 3 rings (SSSR count). The average Bonchev–Trinajstić information content (AvgIpc) is 2.99. The molecular formula is C34H40O6. The molecule has 212 valence electrons. The highest BCUT2D eigenvalue weighted by Gasteiger charge is 2.21. The van der Waals surface area contributed by atoms with Crippen molar-refractivity contribution in [2.24, 2.45) is 0 Å². The molecule has 6 nitrogen and oxygen atoms in total. The second kappa shape index (κ2) is 16.9. The van der Waals surface area contributed by atoms with Crippen molar-refractivity contribution in [3.63, 3.8) is 0 Å². The first-order valence-electron chi connectivity index (χ1n) is 14.4. The van der Waals surface area contributed by atoms with Gasteiger partial charge >= 0.3 is 17.9 Å². The summed E-state index contributed by atoms with van der Waals surface area (Å²) in [4.78, 5) is 36.6. The lowest BCUT2D eigenvalue weighted by atomic mass is 10.00. The number of carboxylic acid groups (broad SMARTS) is 1. The maximum absolute atomic E-state index is 12.9. The molecule has 3 aromatic rings. The van der Waals surface area contributed by atoms with Gasteiger partial charge in [0.15, 0.2) is 6.10 Å².